The summed E-state index contributed by atoms with van der Waals surface area (Å²) < 4.78 is 13.0. The third-order valence-corrected chi connectivity index (χ3v) is 3.55. The van der Waals surface area contributed by atoms with Gasteiger partial charge in [0.25, 0.3) is 0 Å². The van der Waals surface area contributed by atoms with Gasteiger partial charge in [0.2, 0.25) is 0 Å². The number of hydrogen-bond acceptors (Lipinski definition) is 2. The second-order valence-electron chi connectivity index (χ2n) is 4.95. The number of Topliss-reactive ketones (excluding diaryl/α,β-unsaturated/α-hetero) is 1. The standard InChI is InChI=1S/C14H18FNO/c15-12-6-4-5-11(9-12)10-13(17)14(16)7-2-1-3-8-14/h4-6,9H,1-3,7-8,10,16H2. The predicted octanol–water partition coefficient (Wildman–Crippen LogP) is 2.60. The Morgan fingerprint density at radius 2 is 2.00 bits per heavy atom. The van der Waals surface area contributed by atoms with Gasteiger partial charge in [-0.1, -0.05) is 31.4 Å². The molecule has 92 valence electrons. The van der Waals surface area contributed by atoms with Crippen LogP contribution in [-0.4, -0.2) is 11.3 Å². The molecule has 0 aliphatic heterocycles. The lowest BCUT2D eigenvalue weighted by Gasteiger charge is -2.31. The number of rotatable bonds is 3. The Morgan fingerprint density at radius 1 is 1.29 bits per heavy atom. The third-order valence-electron chi connectivity index (χ3n) is 3.55. The van der Waals surface area contributed by atoms with Crippen LogP contribution in [0.15, 0.2) is 24.3 Å². The van der Waals surface area contributed by atoms with Crippen molar-refractivity contribution in [2.24, 2.45) is 5.73 Å². The van der Waals surface area contributed by atoms with Gasteiger partial charge in [-0.25, -0.2) is 4.39 Å². The summed E-state index contributed by atoms with van der Waals surface area (Å²) in [5.41, 5.74) is 6.18. The number of hydrogen-bond donors (Lipinski definition) is 1. The molecule has 0 amide bonds. The summed E-state index contributed by atoms with van der Waals surface area (Å²) in [6, 6.07) is 6.19. The van der Waals surface area contributed by atoms with Crippen LogP contribution in [0.1, 0.15) is 37.7 Å². The Hall–Kier alpha value is -1.22. The first-order valence-electron chi connectivity index (χ1n) is 6.17. The minimum atomic E-state index is -0.676. The molecular weight excluding hydrogens is 217 g/mol. The lowest BCUT2D eigenvalue weighted by atomic mass is 9.78. The first-order chi connectivity index (χ1) is 8.10. The normalized spacial score (nSPS) is 18.9. The molecule has 1 fully saturated rings. The Labute approximate surface area is 101 Å². The highest BCUT2D eigenvalue weighted by Gasteiger charge is 2.34. The summed E-state index contributed by atoms with van der Waals surface area (Å²) in [7, 11) is 0. The van der Waals surface area contributed by atoms with E-state index in [4.69, 9.17) is 5.73 Å². The number of carbonyl (C=O) groups excluding carboxylic acids is 1. The molecule has 0 aromatic heterocycles. The monoisotopic (exact) mass is 235 g/mol. The lowest BCUT2D eigenvalue weighted by molar-refractivity contribution is -0.124. The molecule has 2 N–H and O–H groups in total. The Bertz CT molecular complexity index is 410. The van der Waals surface area contributed by atoms with Crippen LogP contribution in [0.5, 0.6) is 0 Å². The summed E-state index contributed by atoms with van der Waals surface area (Å²) in [4.78, 5) is 12.2. The Morgan fingerprint density at radius 3 is 2.65 bits per heavy atom. The molecule has 0 radical (unpaired) electrons. The number of halogens is 1. The molecule has 0 spiro atoms. The molecule has 2 rings (SSSR count). The molecule has 3 heteroatoms. The molecule has 2 nitrogen and oxygen atoms in total. The van der Waals surface area contributed by atoms with Crippen LogP contribution in [0, 0.1) is 5.82 Å². The van der Waals surface area contributed by atoms with Crippen molar-refractivity contribution >= 4 is 5.78 Å². The smallest absolute Gasteiger partial charge is 0.156 e. The van der Waals surface area contributed by atoms with Crippen molar-refractivity contribution in [3.8, 4) is 0 Å². The van der Waals surface area contributed by atoms with Gasteiger partial charge in [-0.15, -0.1) is 0 Å². The van der Waals surface area contributed by atoms with Crippen LogP contribution in [0.4, 0.5) is 4.39 Å². The van der Waals surface area contributed by atoms with Crippen molar-refractivity contribution in [3.63, 3.8) is 0 Å². The van der Waals surface area contributed by atoms with E-state index in [2.05, 4.69) is 0 Å². The minimum Gasteiger partial charge on any atom is -0.319 e. The van der Waals surface area contributed by atoms with E-state index < -0.39 is 5.54 Å². The fourth-order valence-electron chi connectivity index (χ4n) is 2.47. The second kappa shape index (κ2) is 4.96. The number of nitrogens with two attached hydrogens (primary N) is 1. The molecular formula is C14H18FNO. The van der Waals surface area contributed by atoms with E-state index in [9.17, 15) is 9.18 Å². The maximum Gasteiger partial charge on any atom is 0.156 e. The fraction of sp³-hybridized carbons (Fsp3) is 0.500. The molecule has 1 saturated carbocycles. The molecule has 0 atom stereocenters. The van der Waals surface area contributed by atoms with Crippen molar-refractivity contribution in [1.29, 1.82) is 0 Å². The van der Waals surface area contributed by atoms with E-state index in [1.54, 1.807) is 12.1 Å². The van der Waals surface area contributed by atoms with E-state index in [1.165, 1.54) is 12.1 Å². The van der Waals surface area contributed by atoms with Crippen LogP contribution in [-0.2, 0) is 11.2 Å². The number of benzene rings is 1. The molecule has 0 heterocycles. The highest BCUT2D eigenvalue weighted by Crippen LogP contribution is 2.27. The molecule has 1 aliphatic rings. The van der Waals surface area contributed by atoms with Crippen LogP contribution in [0.25, 0.3) is 0 Å². The summed E-state index contributed by atoms with van der Waals surface area (Å²) in [6.45, 7) is 0. The molecule has 0 unspecified atom stereocenters. The highest BCUT2D eigenvalue weighted by molar-refractivity contribution is 5.90. The third kappa shape index (κ3) is 2.91. The molecule has 0 bridgehead atoms. The first-order valence-corrected chi connectivity index (χ1v) is 6.17. The van der Waals surface area contributed by atoms with Gasteiger partial charge >= 0.3 is 0 Å². The lowest BCUT2D eigenvalue weighted by Crippen LogP contribution is -2.50. The molecule has 1 aromatic carbocycles. The summed E-state index contributed by atoms with van der Waals surface area (Å²) >= 11 is 0. The van der Waals surface area contributed by atoms with Gasteiger partial charge in [0.05, 0.1) is 5.54 Å². The van der Waals surface area contributed by atoms with Crippen molar-refractivity contribution in [1.82, 2.24) is 0 Å². The van der Waals surface area contributed by atoms with E-state index in [0.29, 0.717) is 5.56 Å². The number of ketones is 1. The summed E-state index contributed by atoms with van der Waals surface area (Å²) in [6.07, 6.45) is 4.97. The van der Waals surface area contributed by atoms with Gasteiger partial charge in [0.1, 0.15) is 5.82 Å². The molecule has 1 aliphatic carbocycles. The maximum atomic E-state index is 13.0. The topological polar surface area (TPSA) is 43.1 Å². The first kappa shape index (κ1) is 12.2. The van der Waals surface area contributed by atoms with Crippen molar-refractivity contribution < 1.29 is 9.18 Å². The van der Waals surface area contributed by atoms with Gasteiger partial charge in [-0.05, 0) is 30.5 Å². The predicted molar refractivity (Wildman–Crippen MR) is 65.1 cm³/mol. The minimum absolute atomic E-state index is 0.0443. The Balaban J connectivity index is 2.05. The quantitative estimate of drug-likeness (QED) is 0.875. The highest BCUT2D eigenvalue weighted by atomic mass is 19.1. The average molecular weight is 235 g/mol. The van der Waals surface area contributed by atoms with Crippen LogP contribution in [0.2, 0.25) is 0 Å². The second-order valence-corrected chi connectivity index (χ2v) is 4.95. The molecule has 1 aromatic rings. The van der Waals surface area contributed by atoms with Crippen molar-refractivity contribution in [3.05, 3.63) is 35.6 Å². The van der Waals surface area contributed by atoms with Crippen LogP contribution >= 0.6 is 0 Å². The summed E-state index contributed by atoms with van der Waals surface area (Å²) in [5.74, 6) is -0.257. The maximum absolute atomic E-state index is 13.0. The fourth-order valence-corrected chi connectivity index (χ4v) is 2.47. The van der Waals surface area contributed by atoms with E-state index in [1.807, 2.05) is 0 Å². The molecule has 17 heavy (non-hydrogen) atoms. The largest absolute Gasteiger partial charge is 0.319 e. The SMILES string of the molecule is NC1(C(=O)Cc2cccc(F)c2)CCCCC1. The zero-order valence-corrected chi connectivity index (χ0v) is 9.92. The van der Waals surface area contributed by atoms with Crippen LogP contribution < -0.4 is 5.73 Å². The zero-order valence-electron chi connectivity index (χ0n) is 9.92. The van der Waals surface area contributed by atoms with Gasteiger partial charge in [0.15, 0.2) is 5.78 Å². The Kier molecular flexibility index (Phi) is 3.57. The van der Waals surface area contributed by atoms with Gasteiger partial charge < -0.3 is 5.73 Å². The van der Waals surface area contributed by atoms with Gasteiger partial charge in [-0.2, -0.15) is 0 Å². The summed E-state index contributed by atoms with van der Waals surface area (Å²) in [5, 5.41) is 0. The van der Waals surface area contributed by atoms with Gasteiger partial charge in [-0.3, -0.25) is 4.79 Å². The molecule has 0 saturated heterocycles. The van der Waals surface area contributed by atoms with E-state index in [0.717, 1.165) is 32.1 Å². The average Bonchev–Trinajstić information content (AvgIpc) is 2.30. The van der Waals surface area contributed by atoms with Gasteiger partial charge in [0, 0.05) is 6.42 Å². The van der Waals surface area contributed by atoms with Crippen molar-refractivity contribution in [2.45, 2.75) is 44.1 Å². The van der Waals surface area contributed by atoms with E-state index in [-0.39, 0.29) is 18.0 Å². The van der Waals surface area contributed by atoms with Crippen LogP contribution in [0.3, 0.4) is 0 Å². The van der Waals surface area contributed by atoms with Crippen molar-refractivity contribution in [2.75, 3.05) is 0 Å². The van der Waals surface area contributed by atoms with E-state index >= 15 is 0 Å². The number of carbonyl (C=O) groups is 1. The zero-order chi connectivity index (χ0) is 12.3.